The van der Waals surface area contributed by atoms with Crippen LogP contribution in [0.5, 0.6) is 0 Å². The molecule has 4 N–H and O–H groups in total. The van der Waals surface area contributed by atoms with Gasteiger partial charge in [0.05, 0.1) is 5.71 Å². The fraction of sp³-hybridized carbons (Fsp3) is 0.375. The third-order valence-electron chi connectivity index (χ3n) is 9.95. The summed E-state index contributed by atoms with van der Waals surface area (Å²) in [4.78, 5) is 11.5. The number of ether oxygens (including phenoxy) is 1. The van der Waals surface area contributed by atoms with Gasteiger partial charge in [0.1, 0.15) is 12.0 Å². The Labute approximate surface area is 380 Å². The summed E-state index contributed by atoms with van der Waals surface area (Å²) in [5.74, 6) is 3.64. The fourth-order valence-corrected chi connectivity index (χ4v) is 6.68. The molecule has 5 heterocycles. The monoisotopic (exact) mass is 848 g/mol. The number of ketones is 1. The van der Waals surface area contributed by atoms with E-state index in [0.29, 0.717) is 5.71 Å². The van der Waals surface area contributed by atoms with E-state index in [4.69, 9.17) is 19.7 Å². The van der Waals surface area contributed by atoms with E-state index in [1.54, 1.807) is 13.2 Å². The Morgan fingerprint density at radius 2 is 1.16 bits per heavy atom. The number of hydrogen-bond donors (Lipinski definition) is 3. The second-order valence-electron chi connectivity index (χ2n) is 14.3. The summed E-state index contributed by atoms with van der Waals surface area (Å²) in [7, 11) is 0. The normalized spacial score (nSPS) is 11.6. The number of nitrogens with zero attached hydrogens (tertiary/aromatic N) is 5. The smallest absolute Gasteiger partial charge is 0.411 e. The standard InChI is InChI=1S/C14H14N2O.C13H16N2O.C13H15NO.C4H8O.C4H9.ClH.Li.H3NO/c1-3-16-9-12(13-6-7-17-15-13)11-5-4-10(2)8-14(11)16;1-4-15-8-12(10(3)14-16)11-6-5-9(2)7-13(11)15;1-4-14-8-12(10(3)15)11-6-5-9(2)7-13(11)14;1-2-4-5-3-1;1-3-4-2;;;1-2/h4-9H,3H2,1-2H3;5-8,16H,4H2,1-3H3;5-8H,4H2,1-3H3;1-4H2;1,3-4H2,2H3;1H;;2H,1H2/q;;;;-1;;+1;/b;14-10+;;;;;;. The molecule has 0 unspecified atom stereocenters. The van der Waals surface area contributed by atoms with Crippen molar-refractivity contribution in [2.24, 2.45) is 11.1 Å². The van der Waals surface area contributed by atoms with Crippen LogP contribution >= 0.6 is 12.4 Å². The van der Waals surface area contributed by atoms with Crippen molar-refractivity contribution >= 4 is 56.6 Å². The van der Waals surface area contributed by atoms with Crippen LogP contribution in [0.1, 0.15) is 99.8 Å². The van der Waals surface area contributed by atoms with Gasteiger partial charge < -0.3 is 40.3 Å². The van der Waals surface area contributed by atoms with E-state index in [9.17, 15) is 4.79 Å². The zero-order valence-electron chi connectivity index (χ0n) is 38.0. The molecule has 0 spiro atoms. The summed E-state index contributed by atoms with van der Waals surface area (Å²) in [6.45, 7) is 26.5. The molecule has 8 rings (SSSR count). The number of nitrogens with two attached hydrogens (primary N) is 1. The molecule has 1 fully saturated rings. The molecule has 61 heavy (non-hydrogen) atoms. The summed E-state index contributed by atoms with van der Waals surface area (Å²) in [6.07, 6.45) is 12.6. The van der Waals surface area contributed by atoms with Gasteiger partial charge in [0, 0.05) is 107 Å². The van der Waals surface area contributed by atoms with E-state index in [2.05, 4.69) is 140 Å². The van der Waals surface area contributed by atoms with Crippen LogP contribution in [0.25, 0.3) is 44.0 Å². The largest absolute Gasteiger partial charge is 1.00 e. The molecule has 4 aromatic heterocycles. The molecule has 0 saturated carbocycles. The SMILES string of the molecule is C1CCOC1.CCn1cc(-c2ccon2)c2ccc(C)cc21.CCn1cc(/C(C)=N/O)c2ccc(C)cc21.CCn1cc(C(C)=O)c2ccc(C)cc21.Cl.NO.[CH2-]CCC.[Li+]. The number of aromatic nitrogens is 4. The van der Waals surface area contributed by atoms with Gasteiger partial charge in [-0.1, -0.05) is 60.1 Å². The molecule has 13 heteroatoms. The maximum absolute atomic E-state index is 11.5. The number of carbonyl (C=O) groups is 1. The maximum atomic E-state index is 11.5. The van der Waals surface area contributed by atoms with Crippen molar-refractivity contribution in [3.63, 3.8) is 0 Å². The molecule has 7 aromatic rings. The van der Waals surface area contributed by atoms with Gasteiger partial charge in [-0.2, -0.15) is 6.42 Å². The fourth-order valence-electron chi connectivity index (χ4n) is 6.68. The Kier molecular flexibility index (Phi) is 25.1. The van der Waals surface area contributed by atoms with E-state index in [-0.39, 0.29) is 37.1 Å². The van der Waals surface area contributed by atoms with Gasteiger partial charge in [0.15, 0.2) is 5.78 Å². The van der Waals surface area contributed by atoms with Crippen LogP contribution in [0.2, 0.25) is 0 Å². The molecule has 3 aromatic carbocycles. The molecule has 0 bridgehead atoms. The van der Waals surface area contributed by atoms with Crippen molar-refractivity contribution in [1.29, 1.82) is 0 Å². The molecular formula is C48H66ClLiN6O5. The third kappa shape index (κ3) is 14.8. The van der Waals surface area contributed by atoms with Crippen molar-refractivity contribution in [3.8, 4) is 11.3 Å². The molecule has 11 nitrogen and oxygen atoms in total. The van der Waals surface area contributed by atoms with Gasteiger partial charge in [-0.25, -0.2) is 5.90 Å². The van der Waals surface area contributed by atoms with E-state index in [0.717, 1.165) is 77.9 Å². The summed E-state index contributed by atoms with van der Waals surface area (Å²) < 4.78 is 16.4. The van der Waals surface area contributed by atoms with Gasteiger partial charge >= 0.3 is 18.9 Å². The number of oxime groups is 1. The minimum atomic E-state index is 0. The average molecular weight is 849 g/mol. The van der Waals surface area contributed by atoms with Gasteiger partial charge in [-0.15, -0.1) is 12.4 Å². The zero-order valence-corrected chi connectivity index (χ0v) is 38.8. The number of benzene rings is 3. The number of fused-ring (bicyclic) bond motifs is 3. The number of unbranched alkanes of at least 4 members (excludes halogenated alkanes) is 1. The van der Waals surface area contributed by atoms with Crippen LogP contribution in [0, 0.1) is 27.7 Å². The Bertz CT molecular complexity index is 2370. The van der Waals surface area contributed by atoms with Crippen LogP contribution < -0.4 is 24.8 Å². The molecule has 0 atom stereocenters. The molecular weight excluding hydrogens is 783 g/mol. The van der Waals surface area contributed by atoms with Crippen molar-refractivity contribution in [2.45, 2.75) is 108 Å². The summed E-state index contributed by atoms with van der Waals surface area (Å²) >= 11 is 0. The topological polar surface area (TPSA) is 146 Å². The van der Waals surface area contributed by atoms with Crippen molar-refractivity contribution in [3.05, 3.63) is 120 Å². The minimum Gasteiger partial charge on any atom is -0.411 e. The van der Waals surface area contributed by atoms with Crippen molar-refractivity contribution in [2.75, 3.05) is 13.2 Å². The zero-order chi connectivity index (χ0) is 43.5. The molecule has 1 saturated heterocycles. The van der Waals surface area contributed by atoms with Crippen LogP contribution in [0.4, 0.5) is 0 Å². The van der Waals surface area contributed by atoms with Gasteiger partial charge in [-0.05, 0) is 103 Å². The van der Waals surface area contributed by atoms with Crippen molar-refractivity contribution < 1.29 is 43.3 Å². The van der Waals surface area contributed by atoms with Crippen LogP contribution in [0.3, 0.4) is 0 Å². The predicted octanol–water partition coefficient (Wildman–Crippen LogP) is 9.14. The van der Waals surface area contributed by atoms with Gasteiger partial charge in [0.2, 0.25) is 0 Å². The average Bonchev–Trinajstić information content (AvgIpc) is 4.12. The molecule has 326 valence electrons. The van der Waals surface area contributed by atoms with E-state index >= 15 is 0 Å². The van der Waals surface area contributed by atoms with Crippen LogP contribution in [-0.2, 0) is 24.4 Å². The first-order valence-corrected chi connectivity index (χ1v) is 20.5. The van der Waals surface area contributed by atoms with Gasteiger partial charge in [0.25, 0.3) is 0 Å². The quantitative estimate of drug-likeness (QED) is 0.0362. The number of rotatable bonds is 7. The van der Waals surface area contributed by atoms with Crippen LogP contribution in [-0.4, -0.2) is 54.0 Å². The van der Waals surface area contributed by atoms with Crippen molar-refractivity contribution in [1.82, 2.24) is 18.9 Å². The Hall–Kier alpha value is -4.60. The first kappa shape index (κ1) is 54.4. The molecule has 1 aliphatic heterocycles. The first-order valence-electron chi connectivity index (χ1n) is 20.5. The second-order valence-corrected chi connectivity index (χ2v) is 14.3. The van der Waals surface area contributed by atoms with E-state index in [1.165, 1.54) is 52.4 Å². The first-order chi connectivity index (χ1) is 28.5. The summed E-state index contributed by atoms with van der Waals surface area (Å²) in [6, 6.07) is 20.9. The number of hydrogen-bond acceptors (Lipinski definition) is 8. The predicted molar refractivity (Wildman–Crippen MR) is 250 cm³/mol. The number of Topliss-reactive ketones (excluding diaryl/α,β-unsaturated/α-hetero) is 1. The van der Waals surface area contributed by atoms with E-state index < -0.39 is 0 Å². The number of halogens is 1. The number of aryl methyl sites for hydroxylation is 6. The summed E-state index contributed by atoms with van der Waals surface area (Å²) in [5, 5.41) is 26.1. The minimum absolute atomic E-state index is 0. The number of carbonyl (C=O) groups excluding carboxylic acids is 1. The Morgan fingerprint density at radius 3 is 1.54 bits per heavy atom. The molecule has 0 aliphatic carbocycles. The Morgan fingerprint density at radius 1 is 0.738 bits per heavy atom. The van der Waals surface area contributed by atoms with E-state index in [1.807, 2.05) is 31.5 Å². The molecule has 0 radical (unpaired) electrons. The molecule has 1 aliphatic rings. The van der Waals surface area contributed by atoms with Crippen LogP contribution in [0.15, 0.2) is 95.2 Å². The molecule has 0 amide bonds. The summed E-state index contributed by atoms with van der Waals surface area (Å²) in [5.41, 5.74) is 11.9. The third-order valence-corrected chi connectivity index (χ3v) is 9.95. The van der Waals surface area contributed by atoms with Gasteiger partial charge in [-0.3, -0.25) is 4.79 Å². The second kappa shape index (κ2) is 28.1. The Balaban J connectivity index is 0.000000401. The maximum Gasteiger partial charge on any atom is 1.00 e.